The quantitative estimate of drug-likeness (QED) is 0.612. The molecule has 0 aliphatic rings. The number of rotatable bonds is 6. The number of ketones is 1. The Hall–Kier alpha value is -0.580. The van der Waals surface area contributed by atoms with Gasteiger partial charge in [0.05, 0.1) is 6.42 Å². The van der Waals surface area contributed by atoms with E-state index in [1.807, 2.05) is 6.92 Å². The van der Waals surface area contributed by atoms with Crippen LogP contribution in [0.4, 0.5) is 13.2 Å². The predicted molar refractivity (Wildman–Crippen MR) is 41.4 cm³/mol. The van der Waals surface area contributed by atoms with Gasteiger partial charge in [-0.25, -0.2) is 0 Å². The summed E-state index contributed by atoms with van der Waals surface area (Å²) in [6.07, 6.45) is -5.03. The highest BCUT2D eigenvalue weighted by atomic mass is 19.4. The van der Waals surface area contributed by atoms with Gasteiger partial charge in [0.1, 0.15) is 6.61 Å². The fourth-order valence-corrected chi connectivity index (χ4v) is 0.684. The predicted octanol–water partition coefficient (Wildman–Crippen LogP) is 2.32. The van der Waals surface area contributed by atoms with Crippen LogP contribution in [0.1, 0.15) is 26.2 Å². The van der Waals surface area contributed by atoms with E-state index in [9.17, 15) is 18.0 Å². The smallest absolute Gasteiger partial charge is 0.374 e. The maximum Gasteiger partial charge on any atom is 0.389 e. The van der Waals surface area contributed by atoms with E-state index in [4.69, 9.17) is 4.74 Å². The number of carbonyl (C=O) groups excluding carboxylic acids is 1. The average molecular weight is 198 g/mol. The molecule has 0 N–H and O–H groups in total. The summed E-state index contributed by atoms with van der Waals surface area (Å²) >= 11 is 0. The van der Waals surface area contributed by atoms with Crippen molar-refractivity contribution >= 4 is 5.78 Å². The van der Waals surface area contributed by atoms with E-state index in [-0.39, 0.29) is 6.61 Å². The molecule has 5 heteroatoms. The fraction of sp³-hybridized carbons (Fsp3) is 0.875. The van der Waals surface area contributed by atoms with Gasteiger partial charge >= 0.3 is 6.18 Å². The molecule has 0 aromatic carbocycles. The molecule has 0 spiro atoms. The standard InChI is InChI=1S/C8H13F3O2/c1-2-5-13-6-7(12)3-4-8(9,10)11/h2-6H2,1H3. The van der Waals surface area contributed by atoms with Crippen LogP contribution in [0.5, 0.6) is 0 Å². The second kappa shape index (κ2) is 5.96. The van der Waals surface area contributed by atoms with Gasteiger partial charge in [0.15, 0.2) is 5.78 Å². The topological polar surface area (TPSA) is 26.3 Å². The SMILES string of the molecule is CCCOCC(=O)CCC(F)(F)F. The van der Waals surface area contributed by atoms with Crippen molar-refractivity contribution < 1.29 is 22.7 Å². The van der Waals surface area contributed by atoms with Crippen molar-refractivity contribution in [3.8, 4) is 0 Å². The number of carbonyl (C=O) groups is 1. The van der Waals surface area contributed by atoms with Crippen LogP contribution in [-0.4, -0.2) is 25.2 Å². The number of alkyl halides is 3. The van der Waals surface area contributed by atoms with E-state index < -0.39 is 24.8 Å². The summed E-state index contributed by atoms with van der Waals surface area (Å²) in [6, 6.07) is 0. The third kappa shape index (κ3) is 9.33. The summed E-state index contributed by atoms with van der Waals surface area (Å²) < 4.78 is 39.6. The zero-order chi connectivity index (χ0) is 10.3. The highest BCUT2D eigenvalue weighted by molar-refractivity contribution is 5.79. The van der Waals surface area contributed by atoms with E-state index in [1.165, 1.54) is 0 Å². The Morgan fingerprint density at radius 3 is 2.46 bits per heavy atom. The average Bonchev–Trinajstić information content (AvgIpc) is 2.00. The Morgan fingerprint density at radius 2 is 2.00 bits per heavy atom. The number of ether oxygens (including phenoxy) is 1. The second-order valence-corrected chi connectivity index (χ2v) is 2.71. The molecule has 0 saturated carbocycles. The molecule has 0 aliphatic carbocycles. The van der Waals surface area contributed by atoms with Gasteiger partial charge < -0.3 is 4.74 Å². The van der Waals surface area contributed by atoms with Crippen molar-refractivity contribution in [2.75, 3.05) is 13.2 Å². The molecule has 0 bridgehead atoms. The lowest BCUT2D eigenvalue weighted by molar-refractivity contribution is -0.145. The lowest BCUT2D eigenvalue weighted by Crippen LogP contribution is -2.14. The van der Waals surface area contributed by atoms with Crippen molar-refractivity contribution in [2.24, 2.45) is 0 Å². The summed E-state index contributed by atoms with van der Waals surface area (Å²) in [5.41, 5.74) is 0. The van der Waals surface area contributed by atoms with Crippen LogP contribution >= 0.6 is 0 Å². The van der Waals surface area contributed by atoms with Crippen LogP contribution in [0.2, 0.25) is 0 Å². The lowest BCUT2D eigenvalue weighted by atomic mass is 10.2. The minimum atomic E-state index is -4.25. The molecule has 0 fully saturated rings. The molecule has 13 heavy (non-hydrogen) atoms. The van der Waals surface area contributed by atoms with Crippen LogP contribution < -0.4 is 0 Å². The Morgan fingerprint density at radius 1 is 1.38 bits per heavy atom. The van der Waals surface area contributed by atoms with Gasteiger partial charge in [-0.2, -0.15) is 13.2 Å². The molecule has 0 amide bonds. The highest BCUT2D eigenvalue weighted by Crippen LogP contribution is 2.21. The zero-order valence-electron chi connectivity index (χ0n) is 7.49. The first-order valence-corrected chi connectivity index (χ1v) is 4.12. The fourth-order valence-electron chi connectivity index (χ4n) is 0.684. The number of hydrogen-bond donors (Lipinski definition) is 0. The first-order chi connectivity index (χ1) is 5.95. The van der Waals surface area contributed by atoms with Crippen molar-refractivity contribution in [2.45, 2.75) is 32.4 Å². The molecule has 0 unspecified atom stereocenters. The van der Waals surface area contributed by atoms with Gasteiger partial charge in [-0.3, -0.25) is 4.79 Å². The van der Waals surface area contributed by atoms with Gasteiger partial charge in [-0.1, -0.05) is 6.92 Å². The third-order valence-corrected chi connectivity index (χ3v) is 1.30. The van der Waals surface area contributed by atoms with Crippen molar-refractivity contribution in [1.29, 1.82) is 0 Å². The molecule has 0 aromatic rings. The molecule has 78 valence electrons. The number of hydrogen-bond acceptors (Lipinski definition) is 2. The molecular weight excluding hydrogens is 185 g/mol. The van der Waals surface area contributed by atoms with E-state index in [2.05, 4.69) is 0 Å². The Bertz CT molecular complexity index is 154. The van der Waals surface area contributed by atoms with Gasteiger partial charge in [-0.05, 0) is 6.42 Å². The zero-order valence-corrected chi connectivity index (χ0v) is 7.49. The maximum absolute atomic E-state index is 11.6. The summed E-state index contributed by atoms with van der Waals surface area (Å²) in [7, 11) is 0. The molecule has 0 heterocycles. The normalized spacial score (nSPS) is 11.7. The van der Waals surface area contributed by atoms with Crippen molar-refractivity contribution in [3.63, 3.8) is 0 Å². The Kier molecular flexibility index (Phi) is 5.70. The lowest BCUT2D eigenvalue weighted by Gasteiger charge is -2.05. The maximum atomic E-state index is 11.6. The first kappa shape index (κ1) is 12.4. The van der Waals surface area contributed by atoms with Crippen LogP contribution in [0.3, 0.4) is 0 Å². The van der Waals surface area contributed by atoms with Crippen molar-refractivity contribution in [1.82, 2.24) is 0 Å². The number of halogens is 3. The third-order valence-electron chi connectivity index (χ3n) is 1.30. The Balaban J connectivity index is 3.41. The summed E-state index contributed by atoms with van der Waals surface area (Å²) in [4.78, 5) is 10.7. The van der Waals surface area contributed by atoms with Crippen molar-refractivity contribution in [3.05, 3.63) is 0 Å². The van der Waals surface area contributed by atoms with Gasteiger partial charge in [-0.15, -0.1) is 0 Å². The minimum Gasteiger partial charge on any atom is -0.374 e. The minimum absolute atomic E-state index is 0.204. The van der Waals surface area contributed by atoms with Gasteiger partial charge in [0.2, 0.25) is 0 Å². The van der Waals surface area contributed by atoms with Gasteiger partial charge in [0.25, 0.3) is 0 Å². The first-order valence-electron chi connectivity index (χ1n) is 4.12. The van der Waals surface area contributed by atoms with Crippen LogP contribution in [0.15, 0.2) is 0 Å². The van der Waals surface area contributed by atoms with E-state index in [1.54, 1.807) is 0 Å². The Labute approximate surface area is 75.1 Å². The van der Waals surface area contributed by atoms with E-state index in [0.717, 1.165) is 6.42 Å². The number of Topliss-reactive ketones (excluding diaryl/α,β-unsaturated/α-hetero) is 1. The molecule has 0 aromatic heterocycles. The molecular formula is C8H13F3O2. The largest absolute Gasteiger partial charge is 0.389 e. The van der Waals surface area contributed by atoms with E-state index >= 15 is 0 Å². The van der Waals surface area contributed by atoms with Crippen LogP contribution in [-0.2, 0) is 9.53 Å². The molecule has 0 atom stereocenters. The van der Waals surface area contributed by atoms with Crippen LogP contribution in [0.25, 0.3) is 0 Å². The van der Waals surface area contributed by atoms with Crippen LogP contribution in [0, 0.1) is 0 Å². The molecule has 0 rings (SSSR count). The molecule has 0 aliphatic heterocycles. The monoisotopic (exact) mass is 198 g/mol. The molecule has 0 saturated heterocycles. The highest BCUT2D eigenvalue weighted by Gasteiger charge is 2.27. The second-order valence-electron chi connectivity index (χ2n) is 2.71. The summed E-state index contributed by atoms with van der Waals surface area (Å²) in [6.45, 7) is 2.07. The summed E-state index contributed by atoms with van der Waals surface area (Å²) in [5, 5.41) is 0. The summed E-state index contributed by atoms with van der Waals surface area (Å²) in [5.74, 6) is -0.495. The van der Waals surface area contributed by atoms with E-state index in [0.29, 0.717) is 6.61 Å². The molecule has 2 nitrogen and oxygen atoms in total. The van der Waals surface area contributed by atoms with Gasteiger partial charge in [0, 0.05) is 13.0 Å². The molecule has 0 radical (unpaired) electrons.